The van der Waals surface area contributed by atoms with Crippen molar-refractivity contribution in [3.63, 3.8) is 0 Å². The molecule has 0 aliphatic heterocycles. The third-order valence-electron chi connectivity index (χ3n) is 1.55. The van der Waals surface area contributed by atoms with Crippen LogP contribution in [0.5, 0.6) is 0 Å². The number of rotatable bonds is 2. The zero-order chi connectivity index (χ0) is 10.8. The molecule has 1 aromatic rings. The van der Waals surface area contributed by atoms with E-state index < -0.39 is 24.6 Å². The Bertz CT molecular complexity index is 336. The van der Waals surface area contributed by atoms with Gasteiger partial charge >= 0.3 is 120 Å². The van der Waals surface area contributed by atoms with Gasteiger partial charge in [0.05, 0.1) is 0 Å². The summed E-state index contributed by atoms with van der Waals surface area (Å²) >= 11 is 9.03. The number of halogens is 3. The monoisotopic (exact) mass is 573 g/mol. The van der Waals surface area contributed by atoms with E-state index in [9.17, 15) is 10.1 Å². The Hall–Kier alpha value is 0.995. The predicted octanol–water partition coefficient (Wildman–Crippen LogP) is 3.10. The fourth-order valence-corrected chi connectivity index (χ4v) is 13.1. The van der Waals surface area contributed by atoms with Gasteiger partial charge in [0, 0.05) is 0 Å². The second kappa shape index (κ2) is 5.36. The Morgan fingerprint density at radius 3 is 2.07 bits per heavy atom. The molecule has 0 aromatic heterocycles. The number of nitro groups is 1. The molecule has 1 rings (SSSR count). The van der Waals surface area contributed by atoms with E-state index in [1.54, 1.807) is 12.1 Å². The van der Waals surface area contributed by atoms with Gasteiger partial charge in [0.25, 0.3) is 0 Å². The molecule has 0 fully saturated rings. The van der Waals surface area contributed by atoms with Crippen LogP contribution in [0, 0.1) is 10.1 Å². The SMILES string of the molecule is O=[N+]([O-])c1cc[c]([Hg][C](Br)(Br)Br)cc1. The molecular weight excluding hydrogens is 570 g/mol. The van der Waals surface area contributed by atoms with Gasteiger partial charge in [-0.05, 0) is 0 Å². The van der Waals surface area contributed by atoms with E-state index in [4.69, 9.17) is 0 Å². The van der Waals surface area contributed by atoms with Gasteiger partial charge in [0.1, 0.15) is 0 Å². The molecular formula is C7H4Br3HgNO2. The van der Waals surface area contributed by atoms with Gasteiger partial charge in [-0.2, -0.15) is 0 Å². The van der Waals surface area contributed by atoms with E-state index >= 15 is 0 Å². The van der Waals surface area contributed by atoms with E-state index in [-0.39, 0.29) is 10.3 Å². The molecule has 0 saturated carbocycles. The summed E-state index contributed by atoms with van der Waals surface area (Å²) < 4.78 is 1.10. The van der Waals surface area contributed by atoms with E-state index in [1.807, 2.05) is 12.1 Å². The van der Waals surface area contributed by atoms with Crippen molar-refractivity contribution in [3.8, 4) is 0 Å². The van der Waals surface area contributed by atoms with Crippen molar-refractivity contribution in [1.29, 1.82) is 0 Å². The first-order valence-corrected chi connectivity index (χ1v) is 11.6. The van der Waals surface area contributed by atoms with Gasteiger partial charge in [0.15, 0.2) is 0 Å². The quantitative estimate of drug-likeness (QED) is 0.236. The number of benzene rings is 1. The minimum absolute atomic E-state index is 0.122. The zero-order valence-corrected chi connectivity index (χ0v) is 17.2. The second-order valence-electron chi connectivity index (χ2n) is 2.72. The van der Waals surface area contributed by atoms with Crippen molar-refractivity contribution in [1.82, 2.24) is 0 Å². The van der Waals surface area contributed by atoms with Crippen molar-refractivity contribution in [2.45, 2.75) is -0.348 Å². The molecule has 0 spiro atoms. The van der Waals surface area contributed by atoms with E-state index in [0.29, 0.717) is 0 Å². The van der Waals surface area contributed by atoms with Crippen LogP contribution < -0.4 is 3.07 Å². The van der Waals surface area contributed by atoms with E-state index in [2.05, 4.69) is 47.8 Å². The van der Waals surface area contributed by atoms with E-state index in [1.165, 1.54) is 3.07 Å². The van der Waals surface area contributed by atoms with Crippen molar-refractivity contribution < 1.29 is 29.5 Å². The van der Waals surface area contributed by atoms with Crippen LogP contribution >= 0.6 is 47.8 Å². The number of hydrogen-bond donors (Lipinski definition) is 0. The molecule has 0 amide bonds. The Balaban J connectivity index is 2.79. The molecule has 0 unspecified atom stereocenters. The van der Waals surface area contributed by atoms with Crippen molar-refractivity contribution >= 4 is 56.5 Å². The average Bonchev–Trinajstić information content (AvgIpc) is 2.02. The third kappa shape index (κ3) is 4.68. The summed E-state index contributed by atoms with van der Waals surface area (Å²) in [4.78, 5) is 10.0. The summed E-state index contributed by atoms with van der Waals surface area (Å²) in [6, 6.07) is 6.76. The topological polar surface area (TPSA) is 43.1 Å². The van der Waals surface area contributed by atoms with Crippen molar-refractivity contribution in [2.75, 3.05) is 0 Å². The van der Waals surface area contributed by atoms with Crippen LogP contribution in [0.4, 0.5) is 5.69 Å². The molecule has 0 aliphatic carbocycles. The summed E-state index contributed by atoms with van der Waals surface area (Å²) in [5.41, 5.74) is 0.145. The molecule has 0 N–H and O–H groups in total. The third-order valence-corrected chi connectivity index (χ3v) is 13.9. The molecule has 0 aliphatic rings. The molecule has 0 atom stereocenters. The number of nitro benzene ring substituents is 1. The predicted molar refractivity (Wildman–Crippen MR) is 62.2 cm³/mol. The molecule has 0 bridgehead atoms. The molecule has 3 nitrogen and oxygen atoms in total. The van der Waals surface area contributed by atoms with Crippen LogP contribution in [0.2, 0.25) is 0 Å². The van der Waals surface area contributed by atoms with Crippen molar-refractivity contribution in [2.24, 2.45) is 0 Å². The second-order valence-corrected chi connectivity index (χ2v) is 30.7. The Kier molecular flexibility index (Phi) is 5.00. The molecule has 14 heavy (non-hydrogen) atoms. The standard InChI is InChI=1S/C6H4NO2.CBr3.Hg/c8-7(9)6-4-2-1-3-5-6;2-1(3)4;/h2-5H;;. The molecule has 0 saturated heterocycles. The fraction of sp³-hybridized carbons (Fsp3) is 0.143. The zero-order valence-electron chi connectivity index (χ0n) is 6.91. The first kappa shape index (κ1) is 13.1. The molecule has 1 aromatic carbocycles. The van der Waals surface area contributed by atoms with Crippen LogP contribution in [0.15, 0.2) is 24.3 Å². The molecule has 0 heterocycles. The maximum atomic E-state index is 10.4. The molecule has 7 heteroatoms. The summed E-state index contributed by atoms with van der Waals surface area (Å²) in [7, 11) is 0. The number of alkyl halides is 3. The van der Waals surface area contributed by atoms with Gasteiger partial charge in [-0.25, -0.2) is 0 Å². The summed E-state index contributed by atoms with van der Waals surface area (Å²) in [6.07, 6.45) is 0. The first-order valence-electron chi connectivity index (χ1n) is 3.68. The van der Waals surface area contributed by atoms with Crippen LogP contribution in [0.25, 0.3) is 0 Å². The molecule has 72 valence electrons. The summed E-state index contributed by atoms with van der Waals surface area (Å²) in [5.74, 6) is 0. The Morgan fingerprint density at radius 2 is 1.71 bits per heavy atom. The minimum atomic E-state index is -1.35. The first-order chi connectivity index (χ1) is 6.38. The van der Waals surface area contributed by atoms with Crippen LogP contribution in [-0.4, -0.2) is 4.57 Å². The van der Waals surface area contributed by atoms with E-state index in [0.717, 1.165) is 0 Å². The van der Waals surface area contributed by atoms with Gasteiger partial charge in [0.2, 0.25) is 0 Å². The van der Waals surface area contributed by atoms with Crippen LogP contribution in [-0.2, 0) is 24.6 Å². The Labute approximate surface area is 119 Å². The van der Waals surface area contributed by atoms with Crippen LogP contribution in [0.1, 0.15) is 0 Å². The fourth-order valence-electron chi connectivity index (χ4n) is 0.967. The number of hydrogen-bond acceptors (Lipinski definition) is 2. The maximum absolute atomic E-state index is 10.4. The van der Waals surface area contributed by atoms with Crippen LogP contribution in [0.3, 0.4) is 0 Å². The number of non-ortho nitro benzene ring substituents is 1. The van der Waals surface area contributed by atoms with Gasteiger partial charge in [-0.1, -0.05) is 0 Å². The Morgan fingerprint density at radius 1 is 1.21 bits per heavy atom. The summed E-state index contributed by atoms with van der Waals surface area (Å²) in [5, 5.41) is 10.4. The normalized spacial score (nSPS) is 10.8. The molecule has 0 radical (unpaired) electrons. The summed E-state index contributed by atoms with van der Waals surface area (Å²) in [6.45, 7) is 0. The number of nitrogens with zero attached hydrogens (tertiary/aromatic N) is 1. The van der Waals surface area contributed by atoms with Gasteiger partial charge in [-0.15, -0.1) is 0 Å². The van der Waals surface area contributed by atoms with Crippen molar-refractivity contribution in [3.05, 3.63) is 34.4 Å². The average molecular weight is 574 g/mol. The van der Waals surface area contributed by atoms with Gasteiger partial charge in [-0.3, -0.25) is 0 Å². The van der Waals surface area contributed by atoms with Gasteiger partial charge < -0.3 is 0 Å².